The Morgan fingerprint density at radius 2 is 1.33 bits per heavy atom. The number of rotatable bonds is 2. The van der Waals surface area contributed by atoms with E-state index in [1.807, 2.05) is 0 Å². The first-order chi connectivity index (χ1) is 8.63. The molecule has 0 aliphatic carbocycles. The average Bonchev–Trinajstić information content (AvgIpc) is 2.98. The first-order valence-electron chi connectivity index (χ1n) is 5.57. The highest BCUT2D eigenvalue weighted by Gasteiger charge is 2.13. The Hall–Kier alpha value is -1.17. The second kappa shape index (κ2) is 4.50. The summed E-state index contributed by atoms with van der Waals surface area (Å²) < 4.78 is 0.678. The van der Waals surface area contributed by atoms with Crippen LogP contribution in [0.1, 0.15) is 11.1 Å². The van der Waals surface area contributed by atoms with Crippen molar-refractivity contribution in [2.75, 3.05) is 0 Å². The molecule has 0 spiro atoms. The molecular weight excluding hydrogens is 280 g/mol. The highest BCUT2D eigenvalue weighted by molar-refractivity contribution is 7.71. The number of thiophene rings is 2. The number of imidazole rings is 1. The van der Waals surface area contributed by atoms with Crippen LogP contribution in [-0.4, -0.2) is 9.97 Å². The molecule has 0 amide bonds. The van der Waals surface area contributed by atoms with Gasteiger partial charge in [0.2, 0.25) is 0 Å². The number of aromatic nitrogens is 2. The number of H-pyrrole nitrogens is 2. The lowest BCUT2D eigenvalue weighted by molar-refractivity contribution is 1.27. The first kappa shape index (κ1) is 11.9. The van der Waals surface area contributed by atoms with Crippen LogP contribution in [0, 0.1) is 18.6 Å². The van der Waals surface area contributed by atoms with Gasteiger partial charge in [0.25, 0.3) is 0 Å². The van der Waals surface area contributed by atoms with Gasteiger partial charge in [0.1, 0.15) is 0 Å². The SMILES string of the molecule is Cc1csc(-c2[nH]c(=S)[nH]c2-c2cc(C)cs2)c1. The van der Waals surface area contributed by atoms with E-state index in [0.717, 1.165) is 11.4 Å². The molecular formula is C13H12N2S3. The molecule has 0 aromatic carbocycles. The van der Waals surface area contributed by atoms with Crippen molar-refractivity contribution in [3.63, 3.8) is 0 Å². The normalized spacial score (nSPS) is 11.0. The van der Waals surface area contributed by atoms with Crippen molar-refractivity contribution >= 4 is 34.9 Å². The summed E-state index contributed by atoms with van der Waals surface area (Å²) in [7, 11) is 0. The zero-order chi connectivity index (χ0) is 12.7. The van der Waals surface area contributed by atoms with Crippen LogP contribution in [0.4, 0.5) is 0 Å². The second-order valence-electron chi connectivity index (χ2n) is 4.31. The number of nitrogens with one attached hydrogen (secondary N) is 2. The van der Waals surface area contributed by atoms with Crippen molar-refractivity contribution in [2.45, 2.75) is 13.8 Å². The second-order valence-corrected chi connectivity index (χ2v) is 6.54. The molecule has 0 atom stereocenters. The average molecular weight is 292 g/mol. The molecule has 0 radical (unpaired) electrons. The van der Waals surface area contributed by atoms with E-state index >= 15 is 0 Å². The molecule has 0 aliphatic rings. The molecule has 3 heterocycles. The van der Waals surface area contributed by atoms with Gasteiger partial charge in [-0.25, -0.2) is 0 Å². The van der Waals surface area contributed by atoms with E-state index in [1.165, 1.54) is 20.9 Å². The molecule has 3 rings (SSSR count). The van der Waals surface area contributed by atoms with E-state index in [1.54, 1.807) is 22.7 Å². The highest BCUT2D eigenvalue weighted by atomic mass is 32.1. The lowest BCUT2D eigenvalue weighted by Crippen LogP contribution is -1.77. The molecule has 3 aromatic heterocycles. The largest absolute Gasteiger partial charge is 0.330 e. The Kier molecular flexibility index (Phi) is 2.97. The topological polar surface area (TPSA) is 31.6 Å². The summed E-state index contributed by atoms with van der Waals surface area (Å²) in [5, 5.41) is 4.31. The van der Waals surface area contributed by atoms with Crippen LogP contribution in [0.3, 0.4) is 0 Å². The summed E-state index contributed by atoms with van der Waals surface area (Å²) in [5.74, 6) is 0. The number of hydrogen-bond acceptors (Lipinski definition) is 3. The maximum absolute atomic E-state index is 5.23. The van der Waals surface area contributed by atoms with Gasteiger partial charge in [-0.15, -0.1) is 22.7 Å². The third-order valence-corrected chi connectivity index (χ3v) is 5.02. The quantitative estimate of drug-likeness (QED) is 0.629. The predicted molar refractivity (Wildman–Crippen MR) is 82.1 cm³/mol. The molecule has 2 nitrogen and oxygen atoms in total. The van der Waals surface area contributed by atoms with Gasteiger partial charge in [-0.05, 0) is 60.1 Å². The minimum Gasteiger partial charge on any atom is -0.330 e. The fourth-order valence-corrected chi connectivity index (χ4v) is 3.89. The monoisotopic (exact) mass is 292 g/mol. The van der Waals surface area contributed by atoms with Crippen molar-refractivity contribution in [1.82, 2.24) is 9.97 Å². The molecule has 2 N–H and O–H groups in total. The molecule has 18 heavy (non-hydrogen) atoms. The van der Waals surface area contributed by atoms with Crippen LogP contribution in [0.2, 0.25) is 0 Å². The van der Waals surface area contributed by atoms with Crippen molar-refractivity contribution in [1.29, 1.82) is 0 Å². The van der Waals surface area contributed by atoms with E-state index in [4.69, 9.17) is 12.2 Å². The molecule has 3 aromatic rings. The number of aryl methyl sites for hydroxylation is 2. The third kappa shape index (κ3) is 2.09. The first-order valence-corrected chi connectivity index (χ1v) is 7.73. The predicted octanol–water partition coefficient (Wildman–Crippen LogP) is 5.15. The van der Waals surface area contributed by atoms with E-state index in [2.05, 4.69) is 46.7 Å². The Labute approximate surface area is 118 Å². The van der Waals surface area contributed by atoms with Gasteiger partial charge in [0.05, 0.1) is 21.1 Å². The number of aromatic amines is 2. The van der Waals surface area contributed by atoms with E-state index < -0.39 is 0 Å². The summed E-state index contributed by atoms with van der Waals surface area (Å²) >= 11 is 8.71. The fourth-order valence-electron chi connectivity index (χ4n) is 1.88. The fraction of sp³-hybridized carbons (Fsp3) is 0.154. The molecule has 0 aliphatic heterocycles. The van der Waals surface area contributed by atoms with Crippen LogP contribution in [0.25, 0.3) is 21.1 Å². The van der Waals surface area contributed by atoms with Crippen LogP contribution < -0.4 is 0 Å². The van der Waals surface area contributed by atoms with E-state index in [9.17, 15) is 0 Å². The van der Waals surface area contributed by atoms with Crippen LogP contribution in [0.5, 0.6) is 0 Å². The van der Waals surface area contributed by atoms with Crippen molar-refractivity contribution in [2.24, 2.45) is 0 Å². The molecule has 0 bridgehead atoms. The summed E-state index contributed by atoms with van der Waals surface area (Å²) in [6.45, 7) is 4.21. The van der Waals surface area contributed by atoms with Gasteiger partial charge < -0.3 is 9.97 Å². The minimum absolute atomic E-state index is 0.678. The molecule has 92 valence electrons. The van der Waals surface area contributed by atoms with Gasteiger partial charge >= 0.3 is 0 Å². The van der Waals surface area contributed by atoms with Gasteiger partial charge in [-0.1, -0.05) is 0 Å². The summed E-state index contributed by atoms with van der Waals surface area (Å²) in [4.78, 5) is 8.96. The lowest BCUT2D eigenvalue weighted by atomic mass is 10.2. The Morgan fingerprint density at radius 1 is 0.889 bits per heavy atom. The van der Waals surface area contributed by atoms with E-state index in [0.29, 0.717) is 4.77 Å². The summed E-state index contributed by atoms with van der Waals surface area (Å²) in [6.07, 6.45) is 0. The van der Waals surface area contributed by atoms with Crippen LogP contribution >= 0.6 is 34.9 Å². The number of hydrogen-bond donors (Lipinski definition) is 2. The smallest absolute Gasteiger partial charge is 0.175 e. The summed E-state index contributed by atoms with van der Waals surface area (Å²) in [5.41, 5.74) is 4.76. The maximum Gasteiger partial charge on any atom is 0.175 e. The minimum atomic E-state index is 0.678. The third-order valence-electron chi connectivity index (χ3n) is 2.68. The Balaban J connectivity index is 2.19. The van der Waals surface area contributed by atoms with Gasteiger partial charge in [-0.2, -0.15) is 0 Å². The molecule has 5 heteroatoms. The van der Waals surface area contributed by atoms with E-state index in [-0.39, 0.29) is 0 Å². The van der Waals surface area contributed by atoms with Crippen molar-refractivity contribution in [3.05, 3.63) is 38.8 Å². The standard InChI is InChI=1S/C13H12N2S3/c1-7-3-9(17-5-7)11-12(15-13(16)14-11)10-4-8(2)6-18-10/h3-6H,1-2H3,(H2,14,15,16). The molecule has 0 saturated carbocycles. The lowest BCUT2D eigenvalue weighted by Gasteiger charge is -1.97. The highest BCUT2D eigenvalue weighted by Crippen LogP contribution is 2.36. The van der Waals surface area contributed by atoms with Crippen molar-refractivity contribution < 1.29 is 0 Å². The van der Waals surface area contributed by atoms with Crippen LogP contribution in [-0.2, 0) is 0 Å². The Bertz CT molecular complexity index is 681. The van der Waals surface area contributed by atoms with Gasteiger partial charge in [0.15, 0.2) is 4.77 Å². The van der Waals surface area contributed by atoms with Crippen molar-refractivity contribution in [3.8, 4) is 21.1 Å². The van der Waals surface area contributed by atoms with Crippen LogP contribution in [0.15, 0.2) is 22.9 Å². The maximum atomic E-state index is 5.23. The zero-order valence-corrected chi connectivity index (χ0v) is 12.5. The molecule has 0 saturated heterocycles. The van der Waals surface area contributed by atoms with Gasteiger partial charge in [0, 0.05) is 0 Å². The molecule has 0 fully saturated rings. The Morgan fingerprint density at radius 3 is 1.67 bits per heavy atom. The molecule has 0 unspecified atom stereocenters. The zero-order valence-electron chi connectivity index (χ0n) is 10.0. The van der Waals surface area contributed by atoms with Gasteiger partial charge in [-0.3, -0.25) is 0 Å². The summed E-state index contributed by atoms with van der Waals surface area (Å²) in [6, 6.07) is 4.37.